The van der Waals surface area contributed by atoms with Crippen LogP contribution < -0.4 is 11.1 Å². The number of carbonyl (C=O) groups excluding carboxylic acids is 1. The average Bonchev–Trinajstić information content (AvgIpc) is 2.37. The molecule has 1 unspecified atom stereocenters. The van der Waals surface area contributed by atoms with E-state index in [2.05, 4.69) is 32.2 Å². The molecule has 1 atom stereocenters. The summed E-state index contributed by atoms with van der Waals surface area (Å²) in [6.07, 6.45) is 1.19. The van der Waals surface area contributed by atoms with E-state index in [1.807, 2.05) is 30.8 Å². The summed E-state index contributed by atoms with van der Waals surface area (Å²) in [5.41, 5.74) is 9.04. The Labute approximate surface area is 126 Å². The SMILES string of the molecule is Cc1c(CSC(C)C)cccc1NC(=O)CCC(C)N. The molecule has 0 spiro atoms. The van der Waals surface area contributed by atoms with Gasteiger partial charge in [0.1, 0.15) is 0 Å². The van der Waals surface area contributed by atoms with Crippen molar-refractivity contribution in [2.75, 3.05) is 5.32 Å². The van der Waals surface area contributed by atoms with Crippen LogP contribution in [0, 0.1) is 6.92 Å². The van der Waals surface area contributed by atoms with Crippen molar-refractivity contribution in [2.45, 2.75) is 57.6 Å². The van der Waals surface area contributed by atoms with E-state index in [1.54, 1.807) is 0 Å². The minimum absolute atomic E-state index is 0.0408. The summed E-state index contributed by atoms with van der Waals surface area (Å²) < 4.78 is 0. The van der Waals surface area contributed by atoms with E-state index in [0.29, 0.717) is 18.1 Å². The lowest BCUT2D eigenvalue weighted by Crippen LogP contribution is -2.19. The van der Waals surface area contributed by atoms with Crippen LogP contribution in [0.15, 0.2) is 18.2 Å². The third kappa shape index (κ3) is 5.97. The highest BCUT2D eigenvalue weighted by Gasteiger charge is 2.09. The fraction of sp³-hybridized carbons (Fsp3) is 0.562. The molecule has 1 amide bonds. The third-order valence-corrected chi connectivity index (χ3v) is 4.26. The first-order chi connectivity index (χ1) is 9.40. The first kappa shape index (κ1) is 17.1. The molecule has 0 heterocycles. The van der Waals surface area contributed by atoms with Gasteiger partial charge in [0.2, 0.25) is 5.91 Å². The van der Waals surface area contributed by atoms with Gasteiger partial charge in [-0.2, -0.15) is 11.8 Å². The summed E-state index contributed by atoms with van der Waals surface area (Å²) in [5, 5.41) is 3.60. The summed E-state index contributed by atoms with van der Waals surface area (Å²) >= 11 is 1.91. The van der Waals surface area contributed by atoms with Gasteiger partial charge in [0.05, 0.1) is 0 Å². The molecule has 1 rings (SSSR count). The molecule has 0 saturated carbocycles. The summed E-state index contributed by atoms with van der Waals surface area (Å²) in [6.45, 7) is 8.37. The van der Waals surface area contributed by atoms with Crippen LogP contribution in [-0.2, 0) is 10.5 Å². The van der Waals surface area contributed by atoms with Crippen molar-refractivity contribution >= 4 is 23.4 Å². The van der Waals surface area contributed by atoms with E-state index in [9.17, 15) is 4.79 Å². The molecular formula is C16H26N2OS. The second-order valence-electron chi connectivity index (χ2n) is 5.51. The first-order valence-corrected chi connectivity index (χ1v) is 8.20. The average molecular weight is 294 g/mol. The Morgan fingerprint density at radius 3 is 2.65 bits per heavy atom. The number of nitrogens with two attached hydrogens (primary N) is 1. The lowest BCUT2D eigenvalue weighted by atomic mass is 10.1. The maximum absolute atomic E-state index is 11.9. The van der Waals surface area contributed by atoms with E-state index in [4.69, 9.17) is 5.73 Å². The van der Waals surface area contributed by atoms with Crippen LogP contribution in [0.5, 0.6) is 0 Å². The number of hydrogen-bond acceptors (Lipinski definition) is 3. The van der Waals surface area contributed by atoms with Gasteiger partial charge >= 0.3 is 0 Å². The Morgan fingerprint density at radius 2 is 2.05 bits per heavy atom. The Bertz CT molecular complexity index is 444. The number of rotatable bonds is 7. The molecule has 20 heavy (non-hydrogen) atoms. The van der Waals surface area contributed by atoms with Gasteiger partial charge < -0.3 is 11.1 Å². The van der Waals surface area contributed by atoms with Crippen molar-refractivity contribution < 1.29 is 4.79 Å². The fourth-order valence-corrected chi connectivity index (χ4v) is 2.63. The standard InChI is InChI=1S/C16H26N2OS/c1-11(2)20-10-14-6-5-7-15(13(14)4)18-16(19)9-8-12(3)17/h5-7,11-12H,8-10,17H2,1-4H3,(H,18,19). The molecule has 0 aliphatic heterocycles. The highest BCUT2D eigenvalue weighted by atomic mass is 32.2. The van der Waals surface area contributed by atoms with Crippen molar-refractivity contribution in [3.05, 3.63) is 29.3 Å². The van der Waals surface area contributed by atoms with Gasteiger partial charge in [0.15, 0.2) is 0 Å². The topological polar surface area (TPSA) is 55.1 Å². The van der Waals surface area contributed by atoms with Gasteiger partial charge in [0, 0.05) is 23.9 Å². The number of amides is 1. The van der Waals surface area contributed by atoms with Gasteiger partial charge in [-0.3, -0.25) is 4.79 Å². The smallest absolute Gasteiger partial charge is 0.224 e. The second-order valence-corrected chi connectivity index (χ2v) is 7.08. The predicted octanol–water partition coefficient (Wildman–Crippen LogP) is 3.70. The molecule has 1 aromatic rings. The molecule has 3 N–H and O–H groups in total. The number of benzene rings is 1. The summed E-state index contributed by atoms with van der Waals surface area (Å²) in [7, 11) is 0. The van der Waals surface area contributed by atoms with Crippen LogP contribution in [-0.4, -0.2) is 17.2 Å². The normalized spacial score (nSPS) is 12.5. The third-order valence-electron chi connectivity index (χ3n) is 3.12. The number of nitrogens with one attached hydrogen (secondary N) is 1. The zero-order valence-corrected chi connectivity index (χ0v) is 13.7. The summed E-state index contributed by atoms with van der Waals surface area (Å²) in [6, 6.07) is 6.16. The molecule has 0 aromatic heterocycles. The van der Waals surface area contributed by atoms with Crippen molar-refractivity contribution in [1.29, 1.82) is 0 Å². The minimum Gasteiger partial charge on any atom is -0.328 e. The summed E-state index contributed by atoms with van der Waals surface area (Å²) in [5.74, 6) is 1.02. The zero-order valence-electron chi connectivity index (χ0n) is 12.9. The Hall–Kier alpha value is -1.00. The fourth-order valence-electron chi connectivity index (χ4n) is 1.80. The van der Waals surface area contributed by atoms with E-state index in [0.717, 1.165) is 17.0 Å². The van der Waals surface area contributed by atoms with E-state index >= 15 is 0 Å². The highest BCUT2D eigenvalue weighted by Crippen LogP contribution is 2.25. The molecule has 0 aliphatic carbocycles. The molecule has 3 nitrogen and oxygen atoms in total. The van der Waals surface area contributed by atoms with Gasteiger partial charge in [-0.05, 0) is 42.7 Å². The van der Waals surface area contributed by atoms with Crippen molar-refractivity contribution in [1.82, 2.24) is 0 Å². The summed E-state index contributed by atoms with van der Waals surface area (Å²) in [4.78, 5) is 11.9. The van der Waals surface area contributed by atoms with Crippen LogP contribution in [0.25, 0.3) is 0 Å². The molecule has 0 fully saturated rings. The lowest BCUT2D eigenvalue weighted by Gasteiger charge is -2.13. The number of hydrogen-bond donors (Lipinski definition) is 2. The Balaban J connectivity index is 2.66. The second kappa shape index (κ2) is 8.32. The predicted molar refractivity (Wildman–Crippen MR) is 89.1 cm³/mol. The molecule has 0 aliphatic rings. The number of anilines is 1. The maximum atomic E-state index is 11.9. The van der Waals surface area contributed by atoms with Crippen LogP contribution in [0.2, 0.25) is 0 Å². The minimum atomic E-state index is 0.0408. The van der Waals surface area contributed by atoms with Crippen LogP contribution >= 0.6 is 11.8 Å². The molecular weight excluding hydrogens is 268 g/mol. The van der Waals surface area contributed by atoms with E-state index in [1.165, 1.54) is 5.56 Å². The first-order valence-electron chi connectivity index (χ1n) is 7.15. The van der Waals surface area contributed by atoms with E-state index in [-0.39, 0.29) is 11.9 Å². The van der Waals surface area contributed by atoms with Gasteiger partial charge in [0.25, 0.3) is 0 Å². The Morgan fingerprint density at radius 1 is 1.35 bits per heavy atom. The largest absolute Gasteiger partial charge is 0.328 e. The van der Waals surface area contributed by atoms with Crippen molar-refractivity contribution in [3.63, 3.8) is 0 Å². The Kier molecular flexibility index (Phi) is 7.10. The van der Waals surface area contributed by atoms with Crippen LogP contribution in [0.4, 0.5) is 5.69 Å². The van der Waals surface area contributed by atoms with Crippen LogP contribution in [0.3, 0.4) is 0 Å². The molecule has 112 valence electrons. The van der Waals surface area contributed by atoms with Crippen LogP contribution in [0.1, 0.15) is 44.7 Å². The molecule has 0 bridgehead atoms. The van der Waals surface area contributed by atoms with Crippen molar-refractivity contribution in [2.24, 2.45) is 5.73 Å². The number of carbonyl (C=O) groups is 1. The monoisotopic (exact) mass is 294 g/mol. The molecule has 0 saturated heterocycles. The maximum Gasteiger partial charge on any atom is 0.224 e. The highest BCUT2D eigenvalue weighted by molar-refractivity contribution is 7.99. The molecule has 0 radical (unpaired) electrons. The van der Waals surface area contributed by atoms with Gasteiger partial charge in [-0.15, -0.1) is 0 Å². The van der Waals surface area contributed by atoms with Gasteiger partial charge in [-0.1, -0.05) is 26.0 Å². The quantitative estimate of drug-likeness (QED) is 0.806. The zero-order chi connectivity index (χ0) is 15.1. The van der Waals surface area contributed by atoms with E-state index < -0.39 is 0 Å². The van der Waals surface area contributed by atoms with Gasteiger partial charge in [-0.25, -0.2) is 0 Å². The molecule has 1 aromatic carbocycles. The van der Waals surface area contributed by atoms with Crippen molar-refractivity contribution in [3.8, 4) is 0 Å². The molecule has 4 heteroatoms. The number of thioether (sulfide) groups is 1. The lowest BCUT2D eigenvalue weighted by molar-refractivity contribution is -0.116.